The predicted molar refractivity (Wildman–Crippen MR) is 81.3 cm³/mol. The number of amides is 1. The van der Waals surface area contributed by atoms with Gasteiger partial charge in [0.15, 0.2) is 11.5 Å². The summed E-state index contributed by atoms with van der Waals surface area (Å²) in [5, 5.41) is 8.91. The number of fused-ring (bicyclic) bond motifs is 2. The van der Waals surface area contributed by atoms with Gasteiger partial charge in [-0.15, -0.1) is 0 Å². The zero-order valence-corrected chi connectivity index (χ0v) is 12.2. The van der Waals surface area contributed by atoms with Crippen molar-refractivity contribution in [2.45, 2.75) is 6.92 Å². The van der Waals surface area contributed by atoms with Crippen LogP contribution in [0.25, 0.3) is 21.9 Å². The molecule has 21 heavy (non-hydrogen) atoms. The van der Waals surface area contributed by atoms with Crippen molar-refractivity contribution in [2.75, 3.05) is 19.0 Å². The van der Waals surface area contributed by atoms with E-state index in [-0.39, 0.29) is 12.5 Å². The number of hydrogen-bond acceptors (Lipinski definition) is 4. The fourth-order valence-corrected chi connectivity index (χ4v) is 2.33. The number of benzene rings is 1. The number of methoxy groups -OCH3 is 1. The molecule has 0 aliphatic rings. The molecule has 108 valence electrons. The number of rotatable bonds is 3. The number of nitrogens with one attached hydrogen (secondary N) is 1. The Bertz CT molecular complexity index is 838. The van der Waals surface area contributed by atoms with Gasteiger partial charge in [0, 0.05) is 19.5 Å². The largest absolute Gasteiger partial charge is 0.375 e. The molecule has 1 aromatic carbocycles. The Hall–Kier alpha value is -2.47. The highest BCUT2D eigenvalue weighted by Crippen LogP contribution is 2.25. The van der Waals surface area contributed by atoms with Crippen LogP contribution in [-0.4, -0.2) is 34.4 Å². The zero-order valence-electron chi connectivity index (χ0n) is 12.2. The lowest BCUT2D eigenvalue weighted by atomic mass is 10.1. The van der Waals surface area contributed by atoms with E-state index in [1.54, 1.807) is 4.68 Å². The van der Waals surface area contributed by atoms with E-state index in [0.717, 1.165) is 27.5 Å². The zero-order chi connectivity index (χ0) is 15.0. The SMILES string of the molecule is COCC(=O)Nc1nn(C)c2nc3cc(C)ccc3cc12. The lowest BCUT2D eigenvalue weighted by molar-refractivity contribution is -0.119. The highest BCUT2D eigenvalue weighted by molar-refractivity contribution is 6.02. The van der Waals surface area contributed by atoms with Crippen molar-refractivity contribution in [3.05, 3.63) is 29.8 Å². The number of nitrogens with zero attached hydrogens (tertiary/aromatic N) is 3. The van der Waals surface area contributed by atoms with Crippen molar-refractivity contribution < 1.29 is 9.53 Å². The molecular weight excluding hydrogens is 268 g/mol. The maximum atomic E-state index is 11.7. The summed E-state index contributed by atoms with van der Waals surface area (Å²) in [4.78, 5) is 16.3. The minimum atomic E-state index is -0.235. The van der Waals surface area contributed by atoms with Crippen molar-refractivity contribution >= 4 is 33.7 Å². The Kier molecular flexibility index (Phi) is 3.31. The van der Waals surface area contributed by atoms with Crippen LogP contribution in [-0.2, 0) is 16.6 Å². The van der Waals surface area contributed by atoms with Crippen LogP contribution in [0.5, 0.6) is 0 Å². The van der Waals surface area contributed by atoms with Crippen LogP contribution in [0.2, 0.25) is 0 Å². The second-order valence-corrected chi connectivity index (χ2v) is 5.01. The average Bonchev–Trinajstić information content (AvgIpc) is 2.73. The monoisotopic (exact) mass is 284 g/mol. The Labute approximate surface area is 121 Å². The molecule has 0 unspecified atom stereocenters. The molecule has 1 N–H and O–H groups in total. The summed E-state index contributed by atoms with van der Waals surface area (Å²) in [5.74, 6) is 0.269. The van der Waals surface area contributed by atoms with Gasteiger partial charge in [0.2, 0.25) is 0 Å². The van der Waals surface area contributed by atoms with Crippen LogP contribution < -0.4 is 5.32 Å². The maximum Gasteiger partial charge on any atom is 0.251 e. The van der Waals surface area contributed by atoms with Crippen molar-refractivity contribution in [1.29, 1.82) is 0 Å². The van der Waals surface area contributed by atoms with Gasteiger partial charge in [-0.25, -0.2) is 9.67 Å². The molecule has 1 amide bonds. The maximum absolute atomic E-state index is 11.7. The summed E-state index contributed by atoms with van der Waals surface area (Å²) in [7, 11) is 3.29. The molecule has 2 aromatic heterocycles. The first-order valence-corrected chi connectivity index (χ1v) is 6.61. The molecule has 6 nitrogen and oxygen atoms in total. The van der Waals surface area contributed by atoms with Crippen molar-refractivity contribution in [2.24, 2.45) is 7.05 Å². The van der Waals surface area contributed by atoms with Crippen LogP contribution >= 0.6 is 0 Å². The summed E-state index contributed by atoms with van der Waals surface area (Å²) in [6.07, 6.45) is 0. The van der Waals surface area contributed by atoms with Gasteiger partial charge in [-0.3, -0.25) is 4.79 Å². The first-order chi connectivity index (χ1) is 10.1. The quantitative estimate of drug-likeness (QED) is 0.799. The fourth-order valence-electron chi connectivity index (χ4n) is 2.33. The van der Waals surface area contributed by atoms with E-state index in [1.165, 1.54) is 7.11 Å². The molecule has 0 aliphatic heterocycles. The molecule has 0 spiro atoms. The molecule has 0 saturated carbocycles. The summed E-state index contributed by atoms with van der Waals surface area (Å²) in [5.41, 5.74) is 2.81. The summed E-state index contributed by atoms with van der Waals surface area (Å²) in [6.45, 7) is 2.03. The predicted octanol–water partition coefficient (Wildman–Crippen LogP) is 2.01. The first-order valence-electron chi connectivity index (χ1n) is 6.61. The average molecular weight is 284 g/mol. The van der Waals surface area contributed by atoms with Gasteiger partial charge in [-0.05, 0) is 24.6 Å². The Morgan fingerprint density at radius 3 is 2.95 bits per heavy atom. The number of carbonyl (C=O) groups excluding carboxylic acids is 1. The number of hydrogen-bond donors (Lipinski definition) is 1. The molecule has 3 aromatic rings. The third kappa shape index (κ3) is 2.45. The number of aryl methyl sites for hydroxylation is 2. The lowest BCUT2D eigenvalue weighted by Crippen LogP contribution is -2.17. The van der Waals surface area contributed by atoms with Crippen LogP contribution in [0, 0.1) is 6.92 Å². The molecule has 6 heteroatoms. The fraction of sp³-hybridized carbons (Fsp3) is 0.267. The molecule has 0 fully saturated rings. The Morgan fingerprint density at radius 1 is 1.38 bits per heavy atom. The topological polar surface area (TPSA) is 69.0 Å². The van der Waals surface area contributed by atoms with Gasteiger partial charge >= 0.3 is 0 Å². The molecule has 3 rings (SSSR count). The van der Waals surface area contributed by atoms with Gasteiger partial charge in [-0.1, -0.05) is 12.1 Å². The third-order valence-corrected chi connectivity index (χ3v) is 3.30. The van der Waals surface area contributed by atoms with Crippen LogP contribution in [0.4, 0.5) is 5.82 Å². The van der Waals surface area contributed by atoms with Crippen LogP contribution in [0.15, 0.2) is 24.3 Å². The van der Waals surface area contributed by atoms with Gasteiger partial charge in [-0.2, -0.15) is 5.10 Å². The van der Waals surface area contributed by atoms with Crippen LogP contribution in [0.3, 0.4) is 0 Å². The van der Waals surface area contributed by atoms with Gasteiger partial charge in [0.05, 0.1) is 10.9 Å². The lowest BCUT2D eigenvalue weighted by Gasteiger charge is -2.02. The van der Waals surface area contributed by atoms with E-state index in [9.17, 15) is 4.79 Å². The summed E-state index contributed by atoms with van der Waals surface area (Å²) in [6, 6.07) is 8.08. The van der Waals surface area contributed by atoms with Gasteiger partial charge < -0.3 is 10.1 Å². The molecule has 0 saturated heterocycles. The summed E-state index contributed by atoms with van der Waals surface area (Å²) < 4.78 is 6.48. The van der Waals surface area contributed by atoms with E-state index in [4.69, 9.17) is 4.74 Å². The van der Waals surface area contributed by atoms with Crippen LogP contribution in [0.1, 0.15) is 5.56 Å². The second-order valence-electron chi connectivity index (χ2n) is 5.01. The third-order valence-electron chi connectivity index (χ3n) is 3.30. The van der Waals surface area contributed by atoms with Crippen molar-refractivity contribution in [1.82, 2.24) is 14.8 Å². The van der Waals surface area contributed by atoms with Crippen molar-refractivity contribution in [3.63, 3.8) is 0 Å². The standard InChI is InChI=1S/C15H16N4O2/c1-9-4-5-10-7-11-14(17-13(20)8-21-3)18-19(2)15(11)16-12(10)6-9/h4-7H,8H2,1-3H3,(H,17,18,20). The number of carbonyl (C=O) groups is 1. The number of pyridine rings is 1. The minimum Gasteiger partial charge on any atom is -0.375 e. The highest BCUT2D eigenvalue weighted by atomic mass is 16.5. The Balaban J connectivity index is 2.14. The molecule has 0 radical (unpaired) electrons. The number of ether oxygens (including phenoxy) is 1. The van der Waals surface area contributed by atoms with E-state index in [0.29, 0.717) is 5.82 Å². The smallest absolute Gasteiger partial charge is 0.251 e. The molecule has 2 heterocycles. The molecule has 0 aliphatic carbocycles. The first kappa shape index (κ1) is 13.5. The second kappa shape index (κ2) is 5.14. The van der Waals surface area contributed by atoms with Gasteiger partial charge in [0.25, 0.3) is 5.91 Å². The van der Waals surface area contributed by atoms with E-state index in [2.05, 4.69) is 15.4 Å². The van der Waals surface area contributed by atoms with Gasteiger partial charge in [0.1, 0.15) is 6.61 Å². The molecule has 0 bridgehead atoms. The van der Waals surface area contributed by atoms with E-state index >= 15 is 0 Å². The number of aromatic nitrogens is 3. The molecular formula is C15H16N4O2. The van der Waals surface area contributed by atoms with Crippen molar-refractivity contribution in [3.8, 4) is 0 Å². The Morgan fingerprint density at radius 2 is 2.19 bits per heavy atom. The van der Waals surface area contributed by atoms with E-state index in [1.807, 2.05) is 38.2 Å². The normalized spacial score (nSPS) is 11.2. The molecule has 0 atom stereocenters. The number of anilines is 1. The minimum absolute atomic E-state index is 0.00171. The summed E-state index contributed by atoms with van der Waals surface area (Å²) >= 11 is 0. The highest BCUT2D eigenvalue weighted by Gasteiger charge is 2.13. The van der Waals surface area contributed by atoms with E-state index < -0.39 is 0 Å².